The first-order chi connectivity index (χ1) is 12.9. The molecule has 1 aromatic heterocycles. The van der Waals surface area contributed by atoms with Crippen molar-refractivity contribution >= 4 is 34.7 Å². The Labute approximate surface area is 160 Å². The number of aliphatic imine (C=N–C) groups is 1. The van der Waals surface area contributed by atoms with Crippen LogP contribution in [0.2, 0.25) is 0 Å². The van der Waals surface area contributed by atoms with Crippen molar-refractivity contribution in [3.63, 3.8) is 0 Å². The normalized spacial score (nSPS) is 18.1. The maximum atomic E-state index is 13.2. The van der Waals surface area contributed by atoms with Gasteiger partial charge < -0.3 is 4.57 Å². The van der Waals surface area contributed by atoms with Gasteiger partial charge in [-0.1, -0.05) is 11.8 Å². The molecule has 136 valence electrons. The lowest BCUT2D eigenvalue weighted by atomic mass is 10.1. The van der Waals surface area contributed by atoms with Gasteiger partial charge in [0, 0.05) is 22.8 Å². The second kappa shape index (κ2) is 6.35. The number of amidine groups is 2. The monoisotopic (exact) mass is 380 g/mol. The molecule has 0 bridgehead atoms. The van der Waals surface area contributed by atoms with Gasteiger partial charge in [0.2, 0.25) is 0 Å². The highest BCUT2D eigenvalue weighted by Crippen LogP contribution is 2.32. The number of carbonyl (C=O) groups is 1. The van der Waals surface area contributed by atoms with Crippen molar-refractivity contribution in [3.05, 3.63) is 69.8 Å². The molecule has 0 aliphatic carbocycles. The van der Waals surface area contributed by atoms with E-state index in [9.17, 15) is 9.18 Å². The molecule has 0 spiro atoms. The van der Waals surface area contributed by atoms with Crippen molar-refractivity contribution in [3.8, 4) is 5.69 Å². The van der Waals surface area contributed by atoms with E-state index in [1.165, 1.54) is 23.9 Å². The predicted octanol–water partition coefficient (Wildman–Crippen LogP) is 4.40. The van der Waals surface area contributed by atoms with Crippen LogP contribution < -0.4 is 0 Å². The molecule has 1 N–H and O–H groups in total. The molecule has 0 fully saturated rings. The molecule has 5 nitrogen and oxygen atoms in total. The smallest absolute Gasteiger partial charge is 0.283 e. The summed E-state index contributed by atoms with van der Waals surface area (Å²) < 4.78 is 15.2. The number of rotatable bonds is 2. The van der Waals surface area contributed by atoms with Crippen molar-refractivity contribution in [1.29, 1.82) is 5.41 Å². The number of amides is 1. The molecule has 0 saturated carbocycles. The van der Waals surface area contributed by atoms with E-state index in [4.69, 9.17) is 5.41 Å². The molecule has 7 heteroatoms. The average Bonchev–Trinajstić information content (AvgIpc) is 3.12. The highest BCUT2D eigenvalue weighted by atomic mass is 32.2. The first-order valence-electron chi connectivity index (χ1n) is 8.39. The zero-order valence-electron chi connectivity index (χ0n) is 15.1. The Bertz CT molecular complexity index is 1080. The first-order valence-corrected chi connectivity index (χ1v) is 9.27. The van der Waals surface area contributed by atoms with Gasteiger partial charge in [-0.3, -0.25) is 15.1 Å². The molecule has 0 unspecified atom stereocenters. The van der Waals surface area contributed by atoms with Gasteiger partial charge in [-0.15, -0.1) is 0 Å². The zero-order chi connectivity index (χ0) is 19.3. The summed E-state index contributed by atoms with van der Waals surface area (Å²) in [5, 5.41) is 10.9. The third-order valence-electron chi connectivity index (χ3n) is 4.64. The third-order valence-corrected chi connectivity index (χ3v) is 5.58. The van der Waals surface area contributed by atoms with Gasteiger partial charge in [-0.2, -0.15) is 4.99 Å². The van der Waals surface area contributed by atoms with E-state index >= 15 is 0 Å². The van der Waals surface area contributed by atoms with E-state index in [1.807, 2.05) is 36.8 Å². The van der Waals surface area contributed by atoms with Crippen LogP contribution in [-0.4, -0.2) is 26.4 Å². The standard InChI is InChI=1S/C20H17FN4OS/c1-11-8-14(13(3)24(11)16-6-4-15(21)5-7-16)9-17-18(22)25-12(2)10-27-20(25)23-19(17)26/h4-10,22H,1-3H3/b17-9+,22-18?. The van der Waals surface area contributed by atoms with E-state index < -0.39 is 5.91 Å². The molecule has 2 aromatic rings. The maximum Gasteiger partial charge on any atom is 0.283 e. The summed E-state index contributed by atoms with van der Waals surface area (Å²) in [5.74, 6) is -0.561. The lowest BCUT2D eigenvalue weighted by Crippen LogP contribution is -2.37. The van der Waals surface area contributed by atoms with Crippen LogP contribution in [0.1, 0.15) is 23.9 Å². The second-order valence-electron chi connectivity index (χ2n) is 6.46. The second-order valence-corrected chi connectivity index (χ2v) is 7.29. The molecule has 0 saturated heterocycles. The molecule has 2 aliphatic heterocycles. The lowest BCUT2D eigenvalue weighted by molar-refractivity contribution is -0.114. The van der Waals surface area contributed by atoms with Crippen LogP contribution in [-0.2, 0) is 4.79 Å². The number of halogens is 1. The Balaban J connectivity index is 1.78. The van der Waals surface area contributed by atoms with Crippen molar-refractivity contribution in [2.75, 3.05) is 0 Å². The van der Waals surface area contributed by atoms with E-state index in [1.54, 1.807) is 23.1 Å². The van der Waals surface area contributed by atoms with Gasteiger partial charge in [0.15, 0.2) is 5.17 Å². The molecule has 1 amide bonds. The van der Waals surface area contributed by atoms with Crippen molar-refractivity contribution < 1.29 is 9.18 Å². The number of aromatic nitrogens is 1. The number of aryl methyl sites for hydroxylation is 1. The first kappa shape index (κ1) is 17.5. The predicted molar refractivity (Wildman–Crippen MR) is 107 cm³/mol. The summed E-state index contributed by atoms with van der Waals surface area (Å²) in [6, 6.07) is 8.22. The van der Waals surface area contributed by atoms with E-state index in [-0.39, 0.29) is 17.2 Å². The van der Waals surface area contributed by atoms with Crippen LogP contribution in [0.25, 0.3) is 11.8 Å². The minimum Gasteiger partial charge on any atom is -0.318 e. The molecule has 0 radical (unpaired) electrons. The minimum absolute atomic E-state index is 0.135. The number of carbonyl (C=O) groups excluding carboxylic acids is 1. The van der Waals surface area contributed by atoms with Gasteiger partial charge >= 0.3 is 0 Å². The summed E-state index contributed by atoms with van der Waals surface area (Å²) in [6.07, 6.45) is 1.71. The molecule has 3 heterocycles. The third kappa shape index (κ3) is 2.84. The van der Waals surface area contributed by atoms with Crippen LogP contribution >= 0.6 is 11.8 Å². The summed E-state index contributed by atoms with van der Waals surface area (Å²) >= 11 is 1.35. The highest BCUT2D eigenvalue weighted by molar-refractivity contribution is 8.16. The van der Waals surface area contributed by atoms with Gasteiger partial charge in [0.1, 0.15) is 11.7 Å². The van der Waals surface area contributed by atoms with Gasteiger partial charge in [-0.25, -0.2) is 4.39 Å². The average molecular weight is 380 g/mol. The van der Waals surface area contributed by atoms with Crippen LogP contribution in [0.4, 0.5) is 4.39 Å². The Morgan fingerprint density at radius 2 is 1.89 bits per heavy atom. The number of fused-ring (bicyclic) bond motifs is 1. The van der Waals surface area contributed by atoms with Gasteiger partial charge in [0.25, 0.3) is 5.91 Å². The Morgan fingerprint density at radius 1 is 1.19 bits per heavy atom. The summed E-state index contributed by atoms with van der Waals surface area (Å²) in [5.41, 5.74) is 4.67. The SMILES string of the molecule is CC1=CSC2=NC(=O)/C(=C/c3cc(C)n(-c4ccc(F)cc4)c3C)C(=N)N12. The van der Waals surface area contributed by atoms with Crippen LogP contribution in [0, 0.1) is 25.1 Å². The van der Waals surface area contributed by atoms with E-state index in [2.05, 4.69) is 4.99 Å². The van der Waals surface area contributed by atoms with Crippen LogP contribution in [0.3, 0.4) is 0 Å². The van der Waals surface area contributed by atoms with Crippen molar-refractivity contribution in [1.82, 2.24) is 9.47 Å². The zero-order valence-corrected chi connectivity index (χ0v) is 15.9. The fraction of sp³-hybridized carbons (Fsp3) is 0.150. The molecule has 4 rings (SSSR count). The summed E-state index contributed by atoms with van der Waals surface area (Å²) in [7, 11) is 0. The number of thioether (sulfide) groups is 1. The maximum absolute atomic E-state index is 13.2. The highest BCUT2D eigenvalue weighted by Gasteiger charge is 2.34. The number of allylic oxidation sites excluding steroid dienone is 1. The molecule has 27 heavy (non-hydrogen) atoms. The van der Waals surface area contributed by atoms with Crippen LogP contribution in [0.15, 0.2) is 52.0 Å². The minimum atomic E-state index is -0.409. The topological polar surface area (TPSA) is 61.5 Å². The molecule has 2 aliphatic rings. The number of benzene rings is 1. The fourth-order valence-electron chi connectivity index (χ4n) is 3.32. The number of hydrogen-bond acceptors (Lipinski definition) is 3. The molecular weight excluding hydrogens is 363 g/mol. The number of hydrogen-bond donors (Lipinski definition) is 1. The Hall–Kier alpha value is -2.93. The summed E-state index contributed by atoms with van der Waals surface area (Å²) in [4.78, 5) is 18.2. The van der Waals surface area contributed by atoms with E-state index in [0.29, 0.717) is 5.17 Å². The molecule has 0 atom stereocenters. The number of nitrogens with zero attached hydrogens (tertiary/aromatic N) is 3. The van der Waals surface area contributed by atoms with E-state index in [0.717, 1.165) is 28.3 Å². The van der Waals surface area contributed by atoms with Gasteiger partial charge in [-0.05, 0) is 68.2 Å². The Kier molecular flexibility index (Phi) is 4.11. The van der Waals surface area contributed by atoms with Crippen molar-refractivity contribution in [2.24, 2.45) is 4.99 Å². The fourth-order valence-corrected chi connectivity index (χ4v) is 4.18. The summed E-state index contributed by atoms with van der Waals surface area (Å²) in [6.45, 7) is 5.77. The molecule has 1 aromatic carbocycles. The Morgan fingerprint density at radius 3 is 2.59 bits per heavy atom. The van der Waals surface area contributed by atoms with Crippen LogP contribution in [0.5, 0.6) is 0 Å². The lowest BCUT2D eigenvalue weighted by Gasteiger charge is -2.25. The quantitative estimate of drug-likeness (QED) is 0.786. The largest absolute Gasteiger partial charge is 0.318 e. The van der Waals surface area contributed by atoms with Gasteiger partial charge in [0.05, 0.1) is 5.57 Å². The molecular formula is C20H17FN4OS. The van der Waals surface area contributed by atoms with Crippen molar-refractivity contribution in [2.45, 2.75) is 20.8 Å². The number of nitrogens with one attached hydrogen (secondary N) is 1.